The van der Waals surface area contributed by atoms with Crippen LogP contribution in [0, 0.1) is 35.5 Å². The minimum Gasteiger partial charge on any atom is -0.0622 e. The summed E-state index contributed by atoms with van der Waals surface area (Å²) in [6.07, 6.45) is 23.0. The van der Waals surface area contributed by atoms with Crippen molar-refractivity contribution >= 4 is 0 Å². The predicted molar refractivity (Wildman–Crippen MR) is 102 cm³/mol. The molecule has 3 unspecified atom stereocenters. The molecule has 0 amide bonds. The summed E-state index contributed by atoms with van der Waals surface area (Å²) >= 11 is 0. The molecule has 23 heavy (non-hydrogen) atoms. The molecule has 0 aromatic rings. The van der Waals surface area contributed by atoms with E-state index in [1.165, 1.54) is 51.4 Å². The van der Waals surface area contributed by atoms with Crippen LogP contribution in [-0.2, 0) is 0 Å². The van der Waals surface area contributed by atoms with Gasteiger partial charge in [-0.1, -0.05) is 97.3 Å². The maximum Gasteiger partial charge on any atom is -0.0383 e. The van der Waals surface area contributed by atoms with Gasteiger partial charge in [-0.05, 0) is 48.3 Å². The van der Waals surface area contributed by atoms with Crippen molar-refractivity contribution in [2.45, 2.75) is 110 Å². The van der Waals surface area contributed by atoms with Crippen molar-refractivity contribution < 1.29 is 0 Å². The molecule has 0 bridgehead atoms. The van der Waals surface area contributed by atoms with Crippen LogP contribution in [0.5, 0.6) is 0 Å². The van der Waals surface area contributed by atoms with E-state index in [1.807, 2.05) is 0 Å². The Hall–Kier alpha value is 0. The lowest BCUT2D eigenvalue weighted by atomic mass is 9.72. The average molecular weight is 319 g/mol. The topological polar surface area (TPSA) is 0 Å². The SMILES string of the molecule is CC(CC(CCC1CCCC1)C(C)C1CCCC1)C1CCCC1. The van der Waals surface area contributed by atoms with Crippen LogP contribution >= 0.6 is 0 Å². The molecule has 0 radical (unpaired) electrons. The van der Waals surface area contributed by atoms with Crippen LogP contribution in [-0.4, -0.2) is 0 Å². The lowest BCUT2D eigenvalue weighted by Gasteiger charge is -2.33. The normalized spacial score (nSPS) is 28.4. The van der Waals surface area contributed by atoms with Crippen LogP contribution in [0.1, 0.15) is 110 Å². The molecule has 0 aromatic heterocycles. The van der Waals surface area contributed by atoms with Crippen molar-refractivity contribution in [3.05, 3.63) is 0 Å². The highest BCUT2D eigenvalue weighted by molar-refractivity contribution is 4.83. The Morgan fingerprint density at radius 3 is 1.83 bits per heavy atom. The van der Waals surface area contributed by atoms with Crippen LogP contribution in [0.25, 0.3) is 0 Å². The first-order chi connectivity index (χ1) is 11.2. The zero-order valence-corrected chi connectivity index (χ0v) is 16.1. The molecular weight excluding hydrogens is 276 g/mol. The van der Waals surface area contributed by atoms with E-state index in [4.69, 9.17) is 0 Å². The first kappa shape index (κ1) is 17.8. The maximum absolute atomic E-state index is 2.64. The Morgan fingerprint density at radius 2 is 1.22 bits per heavy atom. The average Bonchev–Trinajstić information content (AvgIpc) is 3.33. The highest BCUT2D eigenvalue weighted by atomic mass is 14.4. The fraction of sp³-hybridized carbons (Fsp3) is 1.00. The van der Waals surface area contributed by atoms with Crippen LogP contribution in [0.15, 0.2) is 0 Å². The second-order valence-electron chi connectivity index (χ2n) is 9.65. The van der Waals surface area contributed by atoms with E-state index in [0.29, 0.717) is 0 Å². The van der Waals surface area contributed by atoms with Gasteiger partial charge in [0.05, 0.1) is 0 Å². The van der Waals surface area contributed by atoms with Gasteiger partial charge in [0.25, 0.3) is 0 Å². The van der Waals surface area contributed by atoms with Crippen molar-refractivity contribution in [1.82, 2.24) is 0 Å². The molecule has 0 aliphatic heterocycles. The van der Waals surface area contributed by atoms with Gasteiger partial charge in [0.2, 0.25) is 0 Å². The summed E-state index contributed by atoms with van der Waals surface area (Å²) in [5, 5.41) is 0. The Balaban J connectivity index is 1.54. The summed E-state index contributed by atoms with van der Waals surface area (Å²) in [4.78, 5) is 0. The highest BCUT2D eigenvalue weighted by Crippen LogP contribution is 2.43. The summed E-state index contributed by atoms with van der Waals surface area (Å²) in [5.74, 6) is 6.26. The number of hydrogen-bond donors (Lipinski definition) is 0. The molecular formula is C23H42. The third kappa shape index (κ3) is 4.99. The Kier molecular flexibility index (Phi) is 6.90. The van der Waals surface area contributed by atoms with Gasteiger partial charge >= 0.3 is 0 Å². The molecule has 0 aromatic carbocycles. The van der Waals surface area contributed by atoms with E-state index in [-0.39, 0.29) is 0 Å². The fourth-order valence-electron chi connectivity index (χ4n) is 6.41. The molecule has 0 spiro atoms. The summed E-state index contributed by atoms with van der Waals surface area (Å²) in [5.41, 5.74) is 0. The number of rotatable bonds is 8. The highest BCUT2D eigenvalue weighted by Gasteiger charge is 2.32. The van der Waals surface area contributed by atoms with Crippen LogP contribution < -0.4 is 0 Å². The van der Waals surface area contributed by atoms with E-state index < -0.39 is 0 Å². The van der Waals surface area contributed by atoms with Gasteiger partial charge in [0.15, 0.2) is 0 Å². The smallest absolute Gasteiger partial charge is 0.0383 e. The summed E-state index contributed by atoms with van der Waals surface area (Å²) in [7, 11) is 0. The third-order valence-electron chi connectivity index (χ3n) is 8.19. The standard InChI is InChI=1S/C23H42/c1-18(21-11-5-6-12-21)17-23(16-15-20-9-3-4-10-20)19(2)22-13-7-8-14-22/h18-23H,3-17H2,1-2H3. The summed E-state index contributed by atoms with van der Waals surface area (Å²) in [6, 6.07) is 0. The van der Waals surface area contributed by atoms with Crippen LogP contribution in [0.3, 0.4) is 0 Å². The lowest BCUT2D eigenvalue weighted by molar-refractivity contribution is 0.171. The largest absolute Gasteiger partial charge is 0.0622 e. The third-order valence-corrected chi connectivity index (χ3v) is 8.19. The van der Waals surface area contributed by atoms with E-state index in [2.05, 4.69) is 13.8 Å². The Bertz CT molecular complexity index is 315. The second-order valence-corrected chi connectivity index (χ2v) is 9.65. The van der Waals surface area contributed by atoms with E-state index >= 15 is 0 Å². The Morgan fingerprint density at radius 1 is 0.696 bits per heavy atom. The summed E-state index contributed by atoms with van der Waals surface area (Å²) < 4.78 is 0. The monoisotopic (exact) mass is 318 g/mol. The first-order valence-electron chi connectivity index (χ1n) is 11.2. The van der Waals surface area contributed by atoms with Gasteiger partial charge in [-0.2, -0.15) is 0 Å². The van der Waals surface area contributed by atoms with Crippen molar-refractivity contribution in [3.8, 4) is 0 Å². The van der Waals surface area contributed by atoms with E-state index in [1.54, 1.807) is 44.9 Å². The number of hydrogen-bond acceptors (Lipinski definition) is 0. The van der Waals surface area contributed by atoms with Gasteiger partial charge in [-0.3, -0.25) is 0 Å². The molecule has 134 valence electrons. The molecule has 0 nitrogen and oxygen atoms in total. The van der Waals surface area contributed by atoms with Gasteiger partial charge in [0, 0.05) is 0 Å². The minimum atomic E-state index is 0.995. The molecule has 3 aliphatic rings. The van der Waals surface area contributed by atoms with E-state index in [0.717, 1.165) is 35.5 Å². The zero-order chi connectivity index (χ0) is 16.1. The molecule has 0 heteroatoms. The molecule has 3 atom stereocenters. The molecule has 0 N–H and O–H groups in total. The van der Waals surface area contributed by atoms with Gasteiger partial charge < -0.3 is 0 Å². The molecule has 0 heterocycles. The second kappa shape index (κ2) is 8.91. The molecule has 0 saturated heterocycles. The van der Waals surface area contributed by atoms with E-state index in [9.17, 15) is 0 Å². The molecule has 3 fully saturated rings. The van der Waals surface area contributed by atoms with Crippen molar-refractivity contribution in [1.29, 1.82) is 0 Å². The predicted octanol–water partition coefficient (Wildman–Crippen LogP) is 7.62. The zero-order valence-electron chi connectivity index (χ0n) is 16.1. The van der Waals surface area contributed by atoms with Gasteiger partial charge in [-0.15, -0.1) is 0 Å². The van der Waals surface area contributed by atoms with Crippen molar-refractivity contribution in [3.63, 3.8) is 0 Å². The first-order valence-corrected chi connectivity index (χ1v) is 11.2. The molecule has 3 saturated carbocycles. The molecule has 3 rings (SSSR count). The quantitative estimate of drug-likeness (QED) is 0.432. The Labute approximate surface area is 146 Å². The maximum atomic E-state index is 2.64. The van der Waals surface area contributed by atoms with Crippen LogP contribution in [0.2, 0.25) is 0 Å². The lowest BCUT2D eigenvalue weighted by Crippen LogP contribution is -2.24. The van der Waals surface area contributed by atoms with Crippen LogP contribution in [0.4, 0.5) is 0 Å². The fourth-order valence-corrected chi connectivity index (χ4v) is 6.41. The van der Waals surface area contributed by atoms with Gasteiger partial charge in [0.1, 0.15) is 0 Å². The minimum absolute atomic E-state index is 0.995. The van der Waals surface area contributed by atoms with Gasteiger partial charge in [-0.25, -0.2) is 0 Å². The summed E-state index contributed by atoms with van der Waals surface area (Å²) in [6.45, 7) is 5.23. The van der Waals surface area contributed by atoms with Crippen molar-refractivity contribution in [2.75, 3.05) is 0 Å². The molecule has 3 aliphatic carbocycles. The van der Waals surface area contributed by atoms with Crippen molar-refractivity contribution in [2.24, 2.45) is 35.5 Å².